The van der Waals surface area contributed by atoms with Crippen molar-refractivity contribution >= 4 is 5.97 Å². The van der Waals surface area contributed by atoms with E-state index in [0.717, 1.165) is 24.0 Å². The van der Waals surface area contributed by atoms with Gasteiger partial charge in [0.25, 0.3) is 0 Å². The third-order valence-electron chi connectivity index (χ3n) is 11.6. The van der Waals surface area contributed by atoms with Crippen LogP contribution in [0.5, 0.6) is 11.5 Å². The van der Waals surface area contributed by atoms with Gasteiger partial charge >= 0.3 is 5.97 Å². The molecule has 10 heteroatoms. The molecular formula is C41H56O10. The van der Waals surface area contributed by atoms with Crippen LogP contribution in [0.25, 0.3) is 0 Å². The maximum atomic E-state index is 14.1. The summed E-state index contributed by atoms with van der Waals surface area (Å²) in [5, 5.41) is 23.4. The first-order chi connectivity index (χ1) is 24.4. The van der Waals surface area contributed by atoms with E-state index in [1.807, 2.05) is 30.4 Å². The molecule has 2 N–H and O–H groups in total. The predicted molar refractivity (Wildman–Crippen MR) is 191 cm³/mol. The Balaban J connectivity index is 1.36. The van der Waals surface area contributed by atoms with Gasteiger partial charge in [-0.15, -0.1) is 0 Å². The summed E-state index contributed by atoms with van der Waals surface area (Å²) in [6.07, 6.45) is 10.5. The fourth-order valence-electron chi connectivity index (χ4n) is 8.61. The maximum absolute atomic E-state index is 14.1. The Morgan fingerprint density at radius 1 is 1.04 bits per heavy atom. The number of allylic oxidation sites excluding steroid dienone is 2. The van der Waals surface area contributed by atoms with Gasteiger partial charge in [0.1, 0.15) is 29.8 Å². The van der Waals surface area contributed by atoms with Gasteiger partial charge in [-0.1, -0.05) is 57.2 Å². The fourth-order valence-corrected chi connectivity index (χ4v) is 8.61. The highest BCUT2D eigenvalue weighted by Crippen LogP contribution is 2.47. The molecule has 10 nitrogen and oxygen atoms in total. The molecule has 2 bridgehead atoms. The van der Waals surface area contributed by atoms with Gasteiger partial charge in [0.15, 0.2) is 17.3 Å². The SMILES string of the molecule is CC[C@H]1O[C@]2(CC[C@@H]1C)C[C@@H]1C[C@@H](C/C=C(\C)[C@H](OCc3ccc(OC)c(OC)c3)[C@@H](C)/C=C/C=C3\CO[C@H]4[C@H](O)C(C)=C[C@@H](C(=O)O1)[C@]34O)O2. The average molecular weight is 709 g/mol. The minimum absolute atomic E-state index is 0.0428. The van der Waals surface area contributed by atoms with Gasteiger partial charge in [-0.2, -0.15) is 0 Å². The van der Waals surface area contributed by atoms with Gasteiger partial charge in [-0.05, 0) is 73.4 Å². The predicted octanol–water partition coefficient (Wildman–Crippen LogP) is 6.14. The van der Waals surface area contributed by atoms with Crippen molar-refractivity contribution in [3.8, 4) is 11.5 Å². The van der Waals surface area contributed by atoms with Crippen LogP contribution in [0.15, 0.2) is 65.3 Å². The molecule has 1 spiro atoms. The molecule has 0 amide bonds. The van der Waals surface area contributed by atoms with Crippen LogP contribution in [0.2, 0.25) is 0 Å². The summed E-state index contributed by atoms with van der Waals surface area (Å²) in [6.45, 7) is 10.7. The number of hydrogen-bond acceptors (Lipinski definition) is 10. The number of rotatable bonds is 6. The van der Waals surface area contributed by atoms with Crippen LogP contribution in [-0.2, 0) is 35.1 Å². The quantitative estimate of drug-likeness (QED) is 0.264. The Morgan fingerprint density at radius 3 is 2.57 bits per heavy atom. The van der Waals surface area contributed by atoms with Crippen molar-refractivity contribution < 1.29 is 48.2 Å². The van der Waals surface area contributed by atoms with Crippen LogP contribution in [0.1, 0.15) is 78.7 Å². The van der Waals surface area contributed by atoms with E-state index < -0.39 is 41.6 Å². The number of hydrogen-bond donors (Lipinski definition) is 2. The highest BCUT2D eigenvalue weighted by Gasteiger charge is 2.60. The summed E-state index contributed by atoms with van der Waals surface area (Å²) in [7, 11) is 3.23. The molecule has 5 aliphatic rings. The molecule has 3 saturated heterocycles. The Hall–Kier alpha value is -2.99. The molecule has 0 radical (unpaired) electrons. The van der Waals surface area contributed by atoms with Crippen molar-refractivity contribution in [2.75, 3.05) is 20.8 Å². The largest absolute Gasteiger partial charge is 0.493 e. The van der Waals surface area contributed by atoms with Crippen molar-refractivity contribution in [1.82, 2.24) is 0 Å². The molecule has 11 atom stereocenters. The molecule has 280 valence electrons. The number of carbonyl (C=O) groups is 1. The van der Waals surface area contributed by atoms with Gasteiger partial charge in [-0.25, -0.2) is 0 Å². The van der Waals surface area contributed by atoms with Gasteiger partial charge in [-0.3, -0.25) is 4.79 Å². The Bertz CT molecular complexity index is 1550. The highest BCUT2D eigenvalue weighted by molar-refractivity contribution is 5.78. The van der Waals surface area contributed by atoms with Gasteiger partial charge in [0.2, 0.25) is 0 Å². The summed E-state index contributed by atoms with van der Waals surface area (Å²) in [5.74, 6) is -0.842. The minimum atomic E-state index is -1.77. The number of carbonyl (C=O) groups excluding carboxylic acids is 1. The smallest absolute Gasteiger partial charge is 0.316 e. The molecule has 51 heavy (non-hydrogen) atoms. The monoisotopic (exact) mass is 708 g/mol. The number of aliphatic hydroxyl groups is 2. The number of fused-ring (bicyclic) bond motifs is 2. The number of ether oxygens (including phenoxy) is 7. The van der Waals surface area contributed by atoms with Crippen molar-refractivity contribution in [2.24, 2.45) is 17.8 Å². The lowest BCUT2D eigenvalue weighted by Gasteiger charge is -2.50. The molecule has 1 aliphatic carbocycles. The van der Waals surface area contributed by atoms with E-state index in [1.54, 1.807) is 33.3 Å². The van der Waals surface area contributed by atoms with Crippen LogP contribution < -0.4 is 9.47 Å². The van der Waals surface area contributed by atoms with Crippen molar-refractivity contribution in [1.29, 1.82) is 0 Å². The molecule has 0 saturated carbocycles. The third kappa shape index (κ3) is 7.59. The second-order valence-electron chi connectivity index (χ2n) is 15.2. The first kappa shape index (κ1) is 37.8. The third-order valence-corrected chi connectivity index (χ3v) is 11.6. The van der Waals surface area contributed by atoms with E-state index in [4.69, 9.17) is 33.2 Å². The van der Waals surface area contributed by atoms with E-state index in [0.29, 0.717) is 60.9 Å². The molecular weight excluding hydrogens is 652 g/mol. The molecule has 0 aromatic heterocycles. The van der Waals surface area contributed by atoms with E-state index in [-0.39, 0.29) is 30.8 Å². The minimum Gasteiger partial charge on any atom is -0.493 e. The molecule has 1 aromatic carbocycles. The van der Waals surface area contributed by atoms with Crippen LogP contribution in [0.4, 0.5) is 0 Å². The first-order valence-electron chi connectivity index (χ1n) is 18.5. The van der Waals surface area contributed by atoms with Gasteiger partial charge in [0.05, 0.1) is 45.7 Å². The lowest BCUT2D eigenvalue weighted by molar-refractivity contribution is -0.335. The van der Waals surface area contributed by atoms with Crippen molar-refractivity contribution in [2.45, 2.75) is 128 Å². The lowest BCUT2D eigenvalue weighted by Crippen LogP contribution is -2.58. The number of benzene rings is 1. The molecule has 4 aliphatic heterocycles. The summed E-state index contributed by atoms with van der Waals surface area (Å²) >= 11 is 0. The second kappa shape index (κ2) is 15.5. The van der Waals surface area contributed by atoms with E-state index in [2.05, 4.69) is 33.8 Å². The number of aliphatic hydroxyl groups excluding tert-OH is 1. The van der Waals surface area contributed by atoms with Crippen LogP contribution in [0, 0.1) is 17.8 Å². The molecule has 0 unspecified atom stereocenters. The molecule has 3 fully saturated rings. The number of esters is 1. The summed E-state index contributed by atoms with van der Waals surface area (Å²) < 4.78 is 43.5. The second-order valence-corrected chi connectivity index (χ2v) is 15.2. The molecule has 1 aromatic rings. The van der Waals surface area contributed by atoms with Gasteiger partial charge < -0.3 is 43.4 Å². The zero-order chi connectivity index (χ0) is 36.5. The number of methoxy groups -OCH3 is 2. The van der Waals surface area contributed by atoms with Crippen LogP contribution in [0.3, 0.4) is 0 Å². The summed E-state index contributed by atoms with van der Waals surface area (Å²) in [5.41, 5.74) is 1.31. The zero-order valence-corrected chi connectivity index (χ0v) is 31.1. The molecule has 4 heterocycles. The van der Waals surface area contributed by atoms with Crippen LogP contribution >= 0.6 is 0 Å². The zero-order valence-electron chi connectivity index (χ0n) is 31.1. The molecule has 6 rings (SSSR count). The topological polar surface area (TPSA) is 122 Å². The van der Waals surface area contributed by atoms with E-state index in [1.165, 1.54) is 0 Å². The first-order valence-corrected chi connectivity index (χ1v) is 18.5. The maximum Gasteiger partial charge on any atom is 0.316 e. The normalized spacial score (nSPS) is 41.3. The van der Waals surface area contributed by atoms with Crippen LogP contribution in [-0.4, -0.2) is 85.0 Å². The van der Waals surface area contributed by atoms with E-state index >= 15 is 0 Å². The summed E-state index contributed by atoms with van der Waals surface area (Å²) in [4.78, 5) is 14.1. The van der Waals surface area contributed by atoms with Crippen molar-refractivity contribution in [3.05, 3.63) is 70.9 Å². The highest BCUT2D eigenvalue weighted by atomic mass is 16.7. The standard InChI is InChI=1S/C41H56O10/c1-8-33-24(2)16-17-40(51-33)21-31-20-30(50-40)14-12-26(4)37(47-22-28-13-15-34(45-6)35(19-28)46-7)25(3)10-9-11-29-23-48-38-36(42)27(5)18-32(39(43)49-31)41(29,38)44/h9-13,15,18-19,24-25,30-33,36-38,42,44H,8,14,16-17,20-23H2,1-7H3/b10-9+,26-12+,29-11+/t24-,25-,30+,31-,32-,33+,36+,37+,38-,40+,41+/m0/s1. The van der Waals surface area contributed by atoms with Gasteiger partial charge in [0, 0.05) is 25.2 Å². The van der Waals surface area contributed by atoms with E-state index in [9.17, 15) is 15.0 Å². The average Bonchev–Trinajstić information content (AvgIpc) is 3.46. The fraction of sp³-hybridized carbons (Fsp3) is 0.634. The Labute approximate surface area is 302 Å². The van der Waals surface area contributed by atoms with Crippen molar-refractivity contribution in [3.63, 3.8) is 0 Å². The lowest BCUT2D eigenvalue weighted by atomic mass is 9.71. The Kier molecular flexibility index (Phi) is 11.5. The summed E-state index contributed by atoms with van der Waals surface area (Å²) in [6, 6.07) is 5.76. The Morgan fingerprint density at radius 2 is 1.82 bits per heavy atom.